The van der Waals surface area contributed by atoms with Gasteiger partial charge >= 0.3 is 6.18 Å². The third-order valence-electron chi connectivity index (χ3n) is 2.44. The summed E-state index contributed by atoms with van der Waals surface area (Å²) in [5.41, 5.74) is 4.24. The van der Waals surface area contributed by atoms with Crippen LogP contribution in [-0.4, -0.2) is 18.0 Å². The van der Waals surface area contributed by atoms with Crippen molar-refractivity contribution in [1.82, 2.24) is 5.32 Å². The fraction of sp³-hybridized carbons (Fsp3) is 0.417. The van der Waals surface area contributed by atoms with E-state index in [9.17, 15) is 18.0 Å². The number of amides is 1. The molecule has 100 valence electrons. The van der Waals surface area contributed by atoms with Crippen LogP contribution in [0.3, 0.4) is 0 Å². The van der Waals surface area contributed by atoms with Gasteiger partial charge in [0.1, 0.15) is 0 Å². The van der Waals surface area contributed by atoms with Crippen molar-refractivity contribution in [3.8, 4) is 0 Å². The molecule has 3 N–H and O–H groups in total. The minimum absolute atomic E-state index is 0.171. The van der Waals surface area contributed by atoms with Gasteiger partial charge in [-0.25, -0.2) is 0 Å². The number of carbonyl (C=O) groups excluding carboxylic acids is 1. The predicted molar refractivity (Wildman–Crippen MR) is 62.0 cm³/mol. The lowest BCUT2D eigenvalue weighted by Gasteiger charge is -2.24. The SMILES string of the molecule is CC(C)(CN)NC(=O)c1ccc(C(F)(F)F)cc1. The van der Waals surface area contributed by atoms with E-state index in [1.54, 1.807) is 13.8 Å². The van der Waals surface area contributed by atoms with E-state index in [1.165, 1.54) is 0 Å². The monoisotopic (exact) mass is 260 g/mol. The average Bonchev–Trinajstić information content (AvgIpc) is 2.27. The molecular weight excluding hydrogens is 245 g/mol. The normalized spacial score (nSPS) is 12.3. The molecule has 0 fully saturated rings. The average molecular weight is 260 g/mol. The van der Waals surface area contributed by atoms with Gasteiger partial charge in [0.15, 0.2) is 0 Å². The summed E-state index contributed by atoms with van der Waals surface area (Å²) < 4.78 is 37.0. The van der Waals surface area contributed by atoms with Gasteiger partial charge in [-0.15, -0.1) is 0 Å². The number of hydrogen-bond donors (Lipinski definition) is 2. The maximum absolute atomic E-state index is 12.3. The van der Waals surface area contributed by atoms with Gasteiger partial charge in [0.25, 0.3) is 5.91 Å². The Labute approximate surface area is 103 Å². The molecular formula is C12H15F3N2O. The molecule has 1 rings (SSSR count). The predicted octanol–water partition coefficient (Wildman–Crippen LogP) is 2.17. The van der Waals surface area contributed by atoms with Crippen molar-refractivity contribution in [1.29, 1.82) is 0 Å². The van der Waals surface area contributed by atoms with Crippen LogP contribution in [0.25, 0.3) is 0 Å². The van der Waals surface area contributed by atoms with Gasteiger partial charge in [-0.1, -0.05) is 0 Å². The highest BCUT2D eigenvalue weighted by Gasteiger charge is 2.30. The van der Waals surface area contributed by atoms with Crippen LogP contribution < -0.4 is 11.1 Å². The molecule has 3 nitrogen and oxygen atoms in total. The second kappa shape index (κ2) is 4.97. The van der Waals surface area contributed by atoms with Crippen LogP contribution in [0.4, 0.5) is 13.2 Å². The Morgan fingerprint density at radius 2 is 1.72 bits per heavy atom. The molecule has 0 radical (unpaired) electrons. The number of nitrogens with two attached hydrogens (primary N) is 1. The molecule has 0 heterocycles. The molecule has 0 atom stereocenters. The highest BCUT2D eigenvalue weighted by Crippen LogP contribution is 2.29. The van der Waals surface area contributed by atoms with Crippen molar-refractivity contribution in [3.05, 3.63) is 35.4 Å². The van der Waals surface area contributed by atoms with Gasteiger partial charge in [-0.3, -0.25) is 4.79 Å². The van der Waals surface area contributed by atoms with Gasteiger partial charge in [-0.2, -0.15) is 13.2 Å². The molecule has 0 aliphatic rings. The molecule has 1 aromatic rings. The van der Waals surface area contributed by atoms with Gasteiger partial charge < -0.3 is 11.1 Å². The van der Waals surface area contributed by atoms with Crippen molar-refractivity contribution >= 4 is 5.91 Å². The third-order valence-corrected chi connectivity index (χ3v) is 2.44. The van der Waals surface area contributed by atoms with Crippen LogP contribution in [0, 0.1) is 0 Å². The Balaban J connectivity index is 2.83. The molecule has 0 aromatic heterocycles. The van der Waals surface area contributed by atoms with E-state index >= 15 is 0 Å². The lowest BCUT2D eigenvalue weighted by atomic mass is 10.0. The molecule has 0 unspecified atom stereocenters. The fourth-order valence-corrected chi connectivity index (χ4v) is 1.24. The zero-order valence-corrected chi connectivity index (χ0v) is 10.1. The van der Waals surface area contributed by atoms with E-state index in [4.69, 9.17) is 5.73 Å². The maximum atomic E-state index is 12.3. The fourth-order valence-electron chi connectivity index (χ4n) is 1.24. The van der Waals surface area contributed by atoms with Crippen molar-refractivity contribution in [3.63, 3.8) is 0 Å². The van der Waals surface area contributed by atoms with Gasteiger partial charge in [-0.05, 0) is 38.1 Å². The maximum Gasteiger partial charge on any atom is 0.416 e. The Morgan fingerprint density at radius 1 is 1.22 bits per heavy atom. The zero-order chi connectivity index (χ0) is 14.0. The molecule has 6 heteroatoms. The van der Waals surface area contributed by atoms with Crippen molar-refractivity contribution in [2.24, 2.45) is 5.73 Å². The number of rotatable bonds is 3. The Bertz CT molecular complexity index is 424. The van der Waals surface area contributed by atoms with Crippen LogP contribution in [0.1, 0.15) is 29.8 Å². The molecule has 0 aliphatic heterocycles. The van der Waals surface area contributed by atoms with Crippen LogP contribution in [0.5, 0.6) is 0 Å². The second-order valence-electron chi connectivity index (χ2n) is 4.62. The second-order valence-corrected chi connectivity index (χ2v) is 4.62. The summed E-state index contributed by atoms with van der Waals surface area (Å²) >= 11 is 0. The van der Waals surface area contributed by atoms with Gasteiger partial charge in [0.05, 0.1) is 5.56 Å². The lowest BCUT2D eigenvalue weighted by molar-refractivity contribution is -0.137. The summed E-state index contributed by atoms with van der Waals surface area (Å²) in [6.45, 7) is 3.70. The first-order chi connectivity index (χ1) is 8.15. The summed E-state index contributed by atoms with van der Waals surface area (Å²) in [5.74, 6) is -0.445. The first kappa shape index (κ1) is 14.5. The first-order valence-electron chi connectivity index (χ1n) is 5.35. The molecule has 0 bridgehead atoms. The third kappa shape index (κ3) is 3.73. The van der Waals surface area contributed by atoms with Crippen molar-refractivity contribution in [2.45, 2.75) is 25.6 Å². The lowest BCUT2D eigenvalue weighted by Crippen LogP contribution is -2.48. The minimum Gasteiger partial charge on any atom is -0.346 e. The topological polar surface area (TPSA) is 55.1 Å². The smallest absolute Gasteiger partial charge is 0.346 e. The number of hydrogen-bond acceptors (Lipinski definition) is 2. The zero-order valence-electron chi connectivity index (χ0n) is 10.1. The van der Waals surface area contributed by atoms with Crippen LogP contribution in [-0.2, 0) is 6.18 Å². The number of carbonyl (C=O) groups is 1. The van der Waals surface area contributed by atoms with Crippen LogP contribution >= 0.6 is 0 Å². The molecule has 1 amide bonds. The summed E-state index contributed by atoms with van der Waals surface area (Å²) in [6.07, 6.45) is -4.40. The molecule has 0 spiro atoms. The van der Waals surface area contributed by atoms with Crippen LogP contribution in [0.2, 0.25) is 0 Å². The van der Waals surface area contributed by atoms with E-state index in [0.717, 1.165) is 24.3 Å². The first-order valence-corrected chi connectivity index (χ1v) is 5.35. The van der Waals surface area contributed by atoms with E-state index in [-0.39, 0.29) is 12.1 Å². The van der Waals surface area contributed by atoms with Crippen LogP contribution in [0.15, 0.2) is 24.3 Å². The number of nitrogens with one attached hydrogen (secondary N) is 1. The number of alkyl halides is 3. The number of benzene rings is 1. The van der Waals surface area contributed by atoms with E-state index in [1.807, 2.05) is 0 Å². The Hall–Kier alpha value is -1.56. The molecule has 18 heavy (non-hydrogen) atoms. The minimum atomic E-state index is -4.40. The van der Waals surface area contributed by atoms with E-state index in [0.29, 0.717) is 0 Å². The largest absolute Gasteiger partial charge is 0.416 e. The van der Waals surface area contributed by atoms with Crippen molar-refractivity contribution < 1.29 is 18.0 Å². The molecule has 0 aliphatic carbocycles. The van der Waals surface area contributed by atoms with Crippen molar-refractivity contribution in [2.75, 3.05) is 6.54 Å². The van der Waals surface area contributed by atoms with E-state index < -0.39 is 23.2 Å². The summed E-state index contributed by atoms with van der Waals surface area (Å²) in [7, 11) is 0. The standard InChI is InChI=1S/C12H15F3N2O/c1-11(2,7-16)17-10(18)8-3-5-9(6-4-8)12(13,14)15/h3-6H,7,16H2,1-2H3,(H,17,18). The van der Waals surface area contributed by atoms with E-state index in [2.05, 4.69) is 5.32 Å². The Morgan fingerprint density at radius 3 is 2.11 bits per heavy atom. The molecule has 1 aromatic carbocycles. The summed E-state index contributed by atoms with van der Waals surface area (Å²) in [5, 5.41) is 2.64. The highest BCUT2D eigenvalue weighted by atomic mass is 19.4. The molecule has 0 saturated carbocycles. The Kier molecular flexibility index (Phi) is 4.01. The summed E-state index contributed by atoms with van der Waals surface area (Å²) in [4.78, 5) is 11.7. The van der Waals surface area contributed by atoms with Gasteiger partial charge in [0.2, 0.25) is 0 Å². The summed E-state index contributed by atoms with van der Waals surface area (Å²) in [6, 6.07) is 4.05. The van der Waals surface area contributed by atoms with Gasteiger partial charge in [0, 0.05) is 17.6 Å². The molecule has 0 saturated heterocycles. The quantitative estimate of drug-likeness (QED) is 0.875. The number of halogens is 3. The highest BCUT2D eigenvalue weighted by molar-refractivity contribution is 5.94.